The van der Waals surface area contributed by atoms with E-state index in [2.05, 4.69) is 4.98 Å². The molecule has 1 amide bonds. The maximum Gasteiger partial charge on any atom is 0.338 e. The Balaban J connectivity index is 1.74. The van der Waals surface area contributed by atoms with Crippen molar-refractivity contribution in [3.63, 3.8) is 0 Å². The Morgan fingerprint density at radius 3 is 2.58 bits per heavy atom. The fourth-order valence-electron chi connectivity index (χ4n) is 4.18. The van der Waals surface area contributed by atoms with Crippen LogP contribution in [0.5, 0.6) is 0 Å². The van der Waals surface area contributed by atoms with Crippen molar-refractivity contribution in [3.05, 3.63) is 82.8 Å². The second kappa shape index (κ2) is 8.10. The van der Waals surface area contributed by atoms with Gasteiger partial charge in [0, 0.05) is 23.6 Å². The number of rotatable bonds is 6. The van der Waals surface area contributed by atoms with E-state index in [1.165, 1.54) is 18.9 Å². The summed E-state index contributed by atoms with van der Waals surface area (Å²) in [6, 6.07) is 13.6. The highest BCUT2D eigenvalue weighted by Crippen LogP contribution is 2.39. The van der Waals surface area contributed by atoms with Gasteiger partial charge >= 0.3 is 5.97 Å². The van der Waals surface area contributed by atoms with E-state index >= 15 is 0 Å². The first kappa shape index (κ1) is 20.4. The molecule has 0 spiro atoms. The standard InChI is InChI=1S/C24H22N2O5/c1-14(27)20-21(17-8-3-4-9-18(17)24(30)31-2)26(23(29)22(20)28)12-11-15-13-25-19-10-6-5-7-16(15)19/h3-10,13,21,25,28H,11-12H2,1-2H3. The first-order chi connectivity index (χ1) is 14.9. The number of hydrogen-bond acceptors (Lipinski definition) is 5. The second-order valence-electron chi connectivity index (χ2n) is 7.41. The smallest absolute Gasteiger partial charge is 0.338 e. The predicted octanol–water partition coefficient (Wildman–Crippen LogP) is 3.48. The molecule has 7 heteroatoms. The molecule has 0 saturated heterocycles. The molecule has 1 unspecified atom stereocenters. The van der Waals surface area contributed by atoms with Gasteiger partial charge < -0.3 is 19.7 Å². The molecule has 0 fully saturated rings. The lowest BCUT2D eigenvalue weighted by molar-refractivity contribution is -0.129. The van der Waals surface area contributed by atoms with E-state index < -0.39 is 29.5 Å². The van der Waals surface area contributed by atoms with Crippen molar-refractivity contribution in [2.24, 2.45) is 0 Å². The Bertz CT molecular complexity index is 1220. The highest BCUT2D eigenvalue weighted by molar-refractivity contribution is 6.08. The van der Waals surface area contributed by atoms with Gasteiger partial charge in [-0.2, -0.15) is 0 Å². The molecule has 31 heavy (non-hydrogen) atoms. The molecule has 0 aliphatic carbocycles. The summed E-state index contributed by atoms with van der Waals surface area (Å²) in [5, 5.41) is 11.5. The van der Waals surface area contributed by atoms with Gasteiger partial charge in [-0.05, 0) is 36.6 Å². The zero-order chi connectivity index (χ0) is 22.1. The summed E-state index contributed by atoms with van der Waals surface area (Å²) in [5.74, 6) is -2.20. The summed E-state index contributed by atoms with van der Waals surface area (Å²) in [7, 11) is 1.27. The number of methoxy groups -OCH3 is 1. The van der Waals surface area contributed by atoms with Crippen LogP contribution in [-0.2, 0) is 20.7 Å². The van der Waals surface area contributed by atoms with E-state index in [1.54, 1.807) is 24.3 Å². The van der Waals surface area contributed by atoms with Gasteiger partial charge in [0.15, 0.2) is 11.5 Å². The number of amides is 1. The molecule has 0 saturated carbocycles. The largest absolute Gasteiger partial charge is 0.503 e. The van der Waals surface area contributed by atoms with Crippen LogP contribution >= 0.6 is 0 Å². The predicted molar refractivity (Wildman–Crippen MR) is 115 cm³/mol. The average molecular weight is 418 g/mol. The summed E-state index contributed by atoms with van der Waals surface area (Å²) in [6.07, 6.45) is 2.40. The summed E-state index contributed by atoms with van der Waals surface area (Å²) >= 11 is 0. The van der Waals surface area contributed by atoms with Gasteiger partial charge in [0.2, 0.25) is 0 Å². The molecule has 1 aromatic heterocycles. The number of esters is 1. The number of ether oxygens (including phenoxy) is 1. The summed E-state index contributed by atoms with van der Waals surface area (Å²) in [6.45, 7) is 1.55. The zero-order valence-electron chi connectivity index (χ0n) is 17.2. The maximum atomic E-state index is 12.9. The van der Waals surface area contributed by atoms with E-state index in [-0.39, 0.29) is 17.7 Å². The number of Topliss-reactive ketones (excluding diaryl/α,β-unsaturated/α-hetero) is 1. The minimum absolute atomic E-state index is 0.0136. The van der Waals surface area contributed by atoms with Crippen LogP contribution in [0, 0.1) is 0 Å². The number of aliphatic hydroxyl groups excluding tert-OH is 1. The SMILES string of the molecule is COC(=O)c1ccccc1C1C(C(C)=O)=C(O)C(=O)N1CCc1c[nH]c2ccccc12. The number of nitrogens with one attached hydrogen (secondary N) is 1. The molecule has 2 N–H and O–H groups in total. The van der Waals surface area contributed by atoms with Gasteiger partial charge in [0.05, 0.1) is 24.3 Å². The van der Waals surface area contributed by atoms with Crippen LogP contribution < -0.4 is 0 Å². The number of aromatic nitrogens is 1. The van der Waals surface area contributed by atoms with Crippen molar-refractivity contribution < 1.29 is 24.2 Å². The number of H-pyrrole nitrogens is 1. The topological polar surface area (TPSA) is 99.7 Å². The van der Waals surface area contributed by atoms with E-state index in [4.69, 9.17) is 4.74 Å². The van der Waals surface area contributed by atoms with Crippen LogP contribution in [-0.4, -0.2) is 46.3 Å². The number of nitrogens with zero attached hydrogens (tertiary/aromatic N) is 1. The third-order valence-electron chi connectivity index (χ3n) is 5.64. The second-order valence-corrected chi connectivity index (χ2v) is 7.41. The van der Waals surface area contributed by atoms with Crippen LogP contribution in [0.4, 0.5) is 0 Å². The fourth-order valence-corrected chi connectivity index (χ4v) is 4.18. The molecule has 4 rings (SSSR count). The van der Waals surface area contributed by atoms with Crippen LogP contribution in [0.2, 0.25) is 0 Å². The number of aromatic amines is 1. The van der Waals surface area contributed by atoms with Gasteiger partial charge in [0.1, 0.15) is 0 Å². The zero-order valence-corrected chi connectivity index (χ0v) is 17.2. The Kier molecular flexibility index (Phi) is 5.33. The minimum Gasteiger partial charge on any atom is -0.503 e. The number of benzene rings is 2. The number of fused-ring (bicyclic) bond motifs is 1. The average Bonchev–Trinajstić information content (AvgIpc) is 3.30. The lowest BCUT2D eigenvalue weighted by atomic mass is 9.92. The Hall–Kier alpha value is -3.87. The molecule has 1 atom stereocenters. The molecule has 1 aliphatic rings. The van der Waals surface area contributed by atoms with Crippen LogP contribution in [0.1, 0.15) is 34.5 Å². The summed E-state index contributed by atoms with van der Waals surface area (Å²) in [5.41, 5.74) is 2.67. The van der Waals surface area contributed by atoms with E-state index in [9.17, 15) is 19.5 Å². The summed E-state index contributed by atoms with van der Waals surface area (Å²) < 4.78 is 4.88. The van der Waals surface area contributed by atoms with Gasteiger partial charge in [-0.1, -0.05) is 36.4 Å². The van der Waals surface area contributed by atoms with Gasteiger partial charge in [-0.3, -0.25) is 9.59 Å². The van der Waals surface area contributed by atoms with Crippen molar-refractivity contribution >= 4 is 28.6 Å². The molecule has 158 valence electrons. The Labute approximate surface area is 178 Å². The van der Waals surface area contributed by atoms with Gasteiger partial charge in [0.25, 0.3) is 5.91 Å². The van der Waals surface area contributed by atoms with Crippen molar-refractivity contribution in [2.45, 2.75) is 19.4 Å². The van der Waals surface area contributed by atoms with Crippen LogP contribution in [0.25, 0.3) is 10.9 Å². The minimum atomic E-state index is -0.870. The number of aliphatic hydroxyl groups is 1. The van der Waals surface area contributed by atoms with Crippen molar-refractivity contribution in [3.8, 4) is 0 Å². The molecule has 7 nitrogen and oxygen atoms in total. The normalized spacial score (nSPS) is 16.3. The number of hydrogen-bond donors (Lipinski definition) is 2. The first-order valence-corrected chi connectivity index (χ1v) is 9.91. The summed E-state index contributed by atoms with van der Waals surface area (Å²) in [4.78, 5) is 42.3. The highest BCUT2D eigenvalue weighted by Gasteiger charge is 2.43. The molecular formula is C24H22N2O5. The monoisotopic (exact) mass is 418 g/mol. The lowest BCUT2D eigenvalue weighted by Gasteiger charge is -2.27. The molecule has 1 aliphatic heterocycles. The fraction of sp³-hybridized carbons (Fsp3) is 0.208. The molecule has 3 aromatic rings. The van der Waals surface area contributed by atoms with Crippen molar-refractivity contribution in [2.75, 3.05) is 13.7 Å². The van der Waals surface area contributed by atoms with Gasteiger partial charge in [-0.15, -0.1) is 0 Å². The number of ketones is 1. The third kappa shape index (κ3) is 3.48. The van der Waals surface area contributed by atoms with Crippen molar-refractivity contribution in [1.82, 2.24) is 9.88 Å². The maximum absolute atomic E-state index is 12.9. The van der Waals surface area contributed by atoms with E-state index in [0.717, 1.165) is 16.5 Å². The van der Waals surface area contributed by atoms with E-state index in [0.29, 0.717) is 12.0 Å². The Morgan fingerprint density at radius 1 is 1.13 bits per heavy atom. The highest BCUT2D eigenvalue weighted by atomic mass is 16.5. The van der Waals surface area contributed by atoms with Gasteiger partial charge in [-0.25, -0.2) is 4.79 Å². The van der Waals surface area contributed by atoms with Crippen molar-refractivity contribution in [1.29, 1.82) is 0 Å². The van der Waals surface area contributed by atoms with E-state index in [1.807, 2.05) is 30.5 Å². The quantitative estimate of drug-likeness (QED) is 0.597. The molecule has 0 radical (unpaired) electrons. The number of para-hydroxylation sites is 1. The molecule has 0 bridgehead atoms. The Morgan fingerprint density at radius 2 is 1.84 bits per heavy atom. The molecule has 2 heterocycles. The van der Waals surface area contributed by atoms with Crippen LogP contribution in [0.15, 0.2) is 66.1 Å². The third-order valence-corrected chi connectivity index (χ3v) is 5.64. The number of carbonyl (C=O) groups excluding carboxylic acids is 3. The molecule has 2 aromatic carbocycles. The lowest BCUT2D eigenvalue weighted by Crippen LogP contribution is -2.33. The molecular weight excluding hydrogens is 396 g/mol. The van der Waals surface area contributed by atoms with Crippen LogP contribution in [0.3, 0.4) is 0 Å². The first-order valence-electron chi connectivity index (χ1n) is 9.91. The number of carbonyl (C=O) groups is 3.